The largest absolute Gasteiger partial charge is 0.273 e. The highest BCUT2D eigenvalue weighted by atomic mass is 16.2. The minimum absolute atomic E-state index is 0.0318. The molecule has 0 bridgehead atoms. The van der Waals surface area contributed by atoms with Gasteiger partial charge in [0.2, 0.25) is 5.91 Å². The minimum atomic E-state index is 0.0318. The average molecular weight is 181 g/mol. The monoisotopic (exact) mass is 181 g/mol. The third-order valence-corrected chi connectivity index (χ3v) is 1.80. The minimum Gasteiger partial charge on any atom is -0.273 e. The van der Waals surface area contributed by atoms with Gasteiger partial charge in [-0.1, -0.05) is 26.0 Å². The predicted octanol–water partition coefficient (Wildman–Crippen LogP) is 1.53. The highest BCUT2D eigenvalue weighted by molar-refractivity contribution is 5.78. The Morgan fingerprint density at radius 1 is 1.62 bits per heavy atom. The molecule has 0 radical (unpaired) electrons. The molecule has 0 aliphatic heterocycles. The fraction of sp³-hybridized carbons (Fsp3) is 0.667. The van der Waals surface area contributed by atoms with Gasteiger partial charge in [-0.15, -0.1) is 5.10 Å². The van der Waals surface area contributed by atoms with E-state index in [1.807, 2.05) is 20.8 Å². The van der Waals surface area contributed by atoms with Crippen LogP contribution in [0, 0.1) is 5.92 Å². The summed E-state index contributed by atoms with van der Waals surface area (Å²) in [6.07, 6.45) is 2.95. The zero-order valence-electron chi connectivity index (χ0n) is 8.32. The lowest BCUT2D eigenvalue weighted by Gasteiger charge is -2.04. The number of carbonyl (C=O) groups is 1. The Bertz CT molecular complexity index is 291. The molecule has 13 heavy (non-hydrogen) atoms. The van der Waals surface area contributed by atoms with Crippen molar-refractivity contribution in [1.82, 2.24) is 15.0 Å². The van der Waals surface area contributed by atoms with E-state index >= 15 is 0 Å². The van der Waals surface area contributed by atoms with E-state index in [-0.39, 0.29) is 5.91 Å². The average Bonchev–Trinajstić information content (AvgIpc) is 2.49. The molecule has 0 aromatic carbocycles. The van der Waals surface area contributed by atoms with Crippen molar-refractivity contribution in [2.45, 2.75) is 33.6 Å². The van der Waals surface area contributed by atoms with Crippen molar-refractivity contribution in [2.24, 2.45) is 5.92 Å². The van der Waals surface area contributed by atoms with E-state index in [0.717, 1.165) is 12.1 Å². The number of aromatic nitrogens is 3. The van der Waals surface area contributed by atoms with E-state index < -0.39 is 0 Å². The quantitative estimate of drug-likeness (QED) is 0.710. The number of hydrogen-bond donors (Lipinski definition) is 0. The van der Waals surface area contributed by atoms with Gasteiger partial charge in [0.15, 0.2) is 0 Å². The molecule has 0 aliphatic rings. The summed E-state index contributed by atoms with van der Waals surface area (Å²) in [6.45, 7) is 6.01. The molecule has 4 nitrogen and oxygen atoms in total. The van der Waals surface area contributed by atoms with Crippen LogP contribution in [0.2, 0.25) is 0 Å². The highest BCUT2D eigenvalue weighted by Crippen LogP contribution is 2.04. The molecular weight excluding hydrogens is 166 g/mol. The van der Waals surface area contributed by atoms with Gasteiger partial charge in [0.05, 0.1) is 11.9 Å². The van der Waals surface area contributed by atoms with Crippen molar-refractivity contribution in [2.75, 3.05) is 0 Å². The zero-order valence-corrected chi connectivity index (χ0v) is 8.32. The fourth-order valence-corrected chi connectivity index (χ4v) is 1.14. The van der Waals surface area contributed by atoms with E-state index in [1.165, 1.54) is 4.68 Å². The Labute approximate surface area is 77.9 Å². The second-order valence-corrected chi connectivity index (χ2v) is 3.48. The third kappa shape index (κ3) is 2.37. The van der Waals surface area contributed by atoms with Gasteiger partial charge in [0, 0.05) is 6.42 Å². The molecule has 0 saturated heterocycles. The van der Waals surface area contributed by atoms with Gasteiger partial charge in [-0.05, 0) is 12.3 Å². The molecule has 1 rings (SSSR count). The first kappa shape index (κ1) is 9.89. The molecule has 0 aliphatic carbocycles. The summed E-state index contributed by atoms with van der Waals surface area (Å²) >= 11 is 0. The topological polar surface area (TPSA) is 47.8 Å². The maximum absolute atomic E-state index is 11.6. The number of hydrogen-bond acceptors (Lipinski definition) is 3. The van der Waals surface area contributed by atoms with Gasteiger partial charge in [-0.3, -0.25) is 4.79 Å². The molecule has 0 atom stereocenters. The lowest BCUT2D eigenvalue weighted by Crippen LogP contribution is -2.17. The van der Waals surface area contributed by atoms with Crippen LogP contribution in [0.25, 0.3) is 0 Å². The summed E-state index contributed by atoms with van der Waals surface area (Å²) < 4.78 is 1.40. The van der Waals surface area contributed by atoms with Crippen LogP contribution in [0.3, 0.4) is 0 Å². The van der Waals surface area contributed by atoms with Gasteiger partial charge in [0.1, 0.15) is 0 Å². The normalized spacial score (nSPS) is 10.8. The Morgan fingerprint density at radius 3 is 2.85 bits per heavy atom. The number of aryl methyl sites for hydroxylation is 1. The SMILES string of the molecule is CCc1cnnn1C(=O)CC(C)C. The molecule has 0 spiro atoms. The molecular formula is C9H15N3O. The summed E-state index contributed by atoms with van der Waals surface area (Å²) in [7, 11) is 0. The maximum atomic E-state index is 11.6. The van der Waals surface area contributed by atoms with Crippen LogP contribution in [0.15, 0.2) is 6.20 Å². The summed E-state index contributed by atoms with van der Waals surface area (Å²) in [5.41, 5.74) is 0.880. The first-order valence-electron chi connectivity index (χ1n) is 4.58. The van der Waals surface area contributed by atoms with Crippen molar-refractivity contribution < 1.29 is 4.79 Å². The van der Waals surface area contributed by atoms with E-state index in [2.05, 4.69) is 10.3 Å². The molecule has 0 saturated carbocycles. The van der Waals surface area contributed by atoms with Crippen molar-refractivity contribution >= 4 is 5.91 Å². The lowest BCUT2D eigenvalue weighted by molar-refractivity contribution is 0.0864. The molecule has 1 aromatic rings. The summed E-state index contributed by atoms with van der Waals surface area (Å²) in [6, 6.07) is 0. The molecule has 72 valence electrons. The van der Waals surface area contributed by atoms with Crippen molar-refractivity contribution in [1.29, 1.82) is 0 Å². The molecule has 0 N–H and O–H groups in total. The van der Waals surface area contributed by atoms with Crippen LogP contribution in [-0.2, 0) is 6.42 Å². The number of nitrogens with zero attached hydrogens (tertiary/aromatic N) is 3. The number of carbonyl (C=O) groups excluding carboxylic acids is 1. The second-order valence-electron chi connectivity index (χ2n) is 3.48. The van der Waals surface area contributed by atoms with Gasteiger partial charge in [-0.25, -0.2) is 0 Å². The standard InChI is InChI=1S/C9H15N3O/c1-4-8-6-10-11-12(8)9(13)5-7(2)3/h6-7H,4-5H2,1-3H3. The molecule has 1 heterocycles. The van der Waals surface area contributed by atoms with Crippen LogP contribution in [-0.4, -0.2) is 20.9 Å². The highest BCUT2D eigenvalue weighted by Gasteiger charge is 2.11. The van der Waals surface area contributed by atoms with E-state index in [1.54, 1.807) is 6.20 Å². The van der Waals surface area contributed by atoms with Gasteiger partial charge >= 0.3 is 0 Å². The van der Waals surface area contributed by atoms with E-state index in [0.29, 0.717) is 12.3 Å². The summed E-state index contributed by atoms with van der Waals surface area (Å²) in [5, 5.41) is 7.47. The molecule has 1 aromatic heterocycles. The van der Waals surface area contributed by atoms with Gasteiger partial charge < -0.3 is 0 Å². The fourth-order valence-electron chi connectivity index (χ4n) is 1.14. The first-order valence-corrected chi connectivity index (χ1v) is 4.58. The van der Waals surface area contributed by atoms with Crippen LogP contribution in [0.1, 0.15) is 37.7 Å². The first-order chi connectivity index (χ1) is 6.15. The molecule has 0 unspecified atom stereocenters. The smallest absolute Gasteiger partial charge is 0.248 e. The summed E-state index contributed by atoms with van der Waals surface area (Å²) in [5.74, 6) is 0.394. The maximum Gasteiger partial charge on any atom is 0.248 e. The summed E-state index contributed by atoms with van der Waals surface area (Å²) in [4.78, 5) is 11.6. The van der Waals surface area contributed by atoms with Crippen molar-refractivity contribution in [3.8, 4) is 0 Å². The Hall–Kier alpha value is -1.19. The van der Waals surface area contributed by atoms with Crippen molar-refractivity contribution in [3.05, 3.63) is 11.9 Å². The Kier molecular flexibility index (Phi) is 3.17. The lowest BCUT2D eigenvalue weighted by atomic mass is 10.1. The predicted molar refractivity (Wildman–Crippen MR) is 49.5 cm³/mol. The van der Waals surface area contributed by atoms with Crippen LogP contribution in [0.4, 0.5) is 0 Å². The Balaban J connectivity index is 2.76. The van der Waals surface area contributed by atoms with Crippen LogP contribution < -0.4 is 0 Å². The van der Waals surface area contributed by atoms with Crippen molar-refractivity contribution in [3.63, 3.8) is 0 Å². The van der Waals surface area contributed by atoms with Crippen LogP contribution >= 0.6 is 0 Å². The van der Waals surface area contributed by atoms with Crippen LogP contribution in [0.5, 0.6) is 0 Å². The molecule has 4 heteroatoms. The Morgan fingerprint density at radius 2 is 2.31 bits per heavy atom. The van der Waals surface area contributed by atoms with Gasteiger partial charge in [-0.2, -0.15) is 4.68 Å². The van der Waals surface area contributed by atoms with E-state index in [4.69, 9.17) is 0 Å². The third-order valence-electron chi connectivity index (χ3n) is 1.80. The van der Waals surface area contributed by atoms with Gasteiger partial charge in [0.25, 0.3) is 0 Å². The second kappa shape index (κ2) is 4.16. The van der Waals surface area contributed by atoms with E-state index in [9.17, 15) is 4.79 Å². The zero-order chi connectivity index (χ0) is 9.84. The molecule has 0 fully saturated rings. The molecule has 0 amide bonds. The number of rotatable bonds is 3.